The number of phenols is 1. The average molecular weight is 651 g/mol. The number of hydrogen-bond donors (Lipinski definition) is 2. The van der Waals surface area contributed by atoms with E-state index in [1.165, 1.54) is 6.08 Å². The van der Waals surface area contributed by atoms with E-state index in [4.69, 9.17) is 24.6 Å². The highest BCUT2D eigenvalue weighted by atomic mass is 19.4. The molecule has 14 heteroatoms. The molecule has 4 aromatic rings. The zero-order valence-electron chi connectivity index (χ0n) is 25.4. The standard InChI is InChI=1S/C31H32N6O3.C2HF3O2/c1-2-29(39)35-14-16-36(17-15-35)30-26-10-13-37(28-20-24(38)19-22-7-3-4-9-25(22)28)21-27(26)33-31(34-30)40-18-11-23-8-5-6-12-32-23;3-2(4,5)1(6)7/h2-9,12,19-20,38H,1,10-11,13-18,21H2;(H,6,7). The maximum Gasteiger partial charge on any atom is 0.490 e. The highest BCUT2D eigenvalue weighted by Crippen LogP contribution is 2.36. The molecule has 0 bridgehead atoms. The smallest absolute Gasteiger partial charge is 0.490 e. The Morgan fingerprint density at radius 2 is 1.70 bits per heavy atom. The summed E-state index contributed by atoms with van der Waals surface area (Å²) in [5.74, 6) is -1.68. The number of carboxylic acid groups (broad SMARTS) is 1. The number of pyridine rings is 1. The van der Waals surface area contributed by atoms with Gasteiger partial charge in [0.2, 0.25) is 5.91 Å². The number of amides is 1. The lowest BCUT2D eigenvalue weighted by molar-refractivity contribution is -0.192. The first-order chi connectivity index (χ1) is 22.5. The summed E-state index contributed by atoms with van der Waals surface area (Å²) in [6.07, 6.45) is -0.524. The van der Waals surface area contributed by atoms with E-state index >= 15 is 0 Å². The second-order valence-electron chi connectivity index (χ2n) is 10.9. The van der Waals surface area contributed by atoms with Crippen LogP contribution in [0.15, 0.2) is 73.4 Å². The summed E-state index contributed by atoms with van der Waals surface area (Å²) >= 11 is 0. The molecule has 1 amide bonds. The number of carboxylic acids is 1. The van der Waals surface area contributed by atoms with E-state index in [0.29, 0.717) is 51.8 Å². The number of fused-ring (bicyclic) bond motifs is 2. The van der Waals surface area contributed by atoms with Crippen LogP contribution in [0, 0.1) is 0 Å². The van der Waals surface area contributed by atoms with Crippen LogP contribution in [-0.2, 0) is 29.0 Å². The third-order valence-electron chi connectivity index (χ3n) is 7.81. The van der Waals surface area contributed by atoms with Crippen molar-refractivity contribution in [2.75, 3.05) is 49.1 Å². The van der Waals surface area contributed by atoms with Gasteiger partial charge in [-0.05, 0) is 36.1 Å². The van der Waals surface area contributed by atoms with Gasteiger partial charge in [-0.25, -0.2) is 4.79 Å². The van der Waals surface area contributed by atoms with E-state index < -0.39 is 12.1 Å². The number of piperazine rings is 1. The van der Waals surface area contributed by atoms with Crippen molar-refractivity contribution >= 4 is 34.2 Å². The Kier molecular flexibility index (Phi) is 10.1. The Morgan fingerprint density at radius 1 is 0.979 bits per heavy atom. The molecule has 2 N–H and O–H groups in total. The molecule has 246 valence electrons. The van der Waals surface area contributed by atoms with Crippen LogP contribution in [0.25, 0.3) is 10.8 Å². The van der Waals surface area contributed by atoms with Gasteiger partial charge < -0.3 is 29.6 Å². The Balaban J connectivity index is 0.000000559. The Labute approximate surface area is 268 Å². The molecule has 2 aromatic carbocycles. The molecule has 2 aliphatic rings. The number of nitrogens with zero attached hydrogens (tertiary/aromatic N) is 6. The highest BCUT2D eigenvalue weighted by molar-refractivity contribution is 5.95. The minimum Gasteiger partial charge on any atom is -0.508 e. The van der Waals surface area contributed by atoms with Crippen molar-refractivity contribution in [1.29, 1.82) is 0 Å². The third kappa shape index (κ3) is 8.07. The van der Waals surface area contributed by atoms with Crippen LogP contribution in [0.1, 0.15) is 17.0 Å². The van der Waals surface area contributed by atoms with Gasteiger partial charge in [-0.15, -0.1) is 0 Å². The first kappa shape index (κ1) is 33.0. The van der Waals surface area contributed by atoms with Crippen LogP contribution >= 0.6 is 0 Å². The number of carbonyl (C=O) groups is 2. The van der Waals surface area contributed by atoms with Gasteiger partial charge in [0.1, 0.15) is 11.6 Å². The first-order valence-electron chi connectivity index (χ1n) is 14.9. The van der Waals surface area contributed by atoms with Crippen molar-refractivity contribution in [2.24, 2.45) is 0 Å². The number of hydrogen-bond acceptors (Lipinski definition) is 9. The van der Waals surface area contributed by atoms with E-state index in [1.807, 2.05) is 47.4 Å². The second-order valence-corrected chi connectivity index (χ2v) is 10.9. The number of benzene rings is 2. The highest BCUT2D eigenvalue weighted by Gasteiger charge is 2.38. The van der Waals surface area contributed by atoms with Crippen LogP contribution in [0.3, 0.4) is 0 Å². The predicted molar refractivity (Wildman–Crippen MR) is 169 cm³/mol. The first-order valence-corrected chi connectivity index (χ1v) is 14.9. The molecule has 0 spiro atoms. The molecule has 0 aliphatic carbocycles. The molecular formula is C33H33F3N6O5. The molecular weight excluding hydrogens is 617 g/mol. The third-order valence-corrected chi connectivity index (χ3v) is 7.81. The summed E-state index contributed by atoms with van der Waals surface area (Å²) in [6, 6.07) is 17.9. The lowest BCUT2D eigenvalue weighted by Crippen LogP contribution is -2.49. The quantitative estimate of drug-likeness (QED) is 0.278. The normalized spacial score (nSPS) is 14.6. The molecule has 2 aromatic heterocycles. The fourth-order valence-corrected chi connectivity index (χ4v) is 5.52. The summed E-state index contributed by atoms with van der Waals surface area (Å²) in [5.41, 5.74) is 3.96. The van der Waals surface area contributed by atoms with Gasteiger partial charge in [0.15, 0.2) is 0 Å². The number of alkyl halides is 3. The topological polar surface area (TPSA) is 132 Å². The van der Waals surface area contributed by atoms with Crippen molar-refractivity contribution in [3.8, 4) is 11.8 Å². The molecule has 11 nitrogen and oxygen atoms in total. The number of aromatic hydroxyl groups is 1. The minimum absolute atomic E-state index is 0.0445. The second kappa shape index (κ2) is 14.4. The van der Waals surface area contributed by atoms with E-state index in [0.717, 1.165) is 52.2 Å². The summed E-state index contributed by atoms with van der Waals surface area (Å²) in [4.78, 5) is 41.5. The van der Waals surface area contributed by atoms with E-state index in [-0.39, 0.29) is 11.7 Å². The van der Waals surface area contributed by atoms with Gasteiger partial charge in [-0.1, -0.05) is 36.9 Å². The molecule has 0 radical (unpaired) electrons. The van der Waals surface area contributed by atoms with Crippen molar-refractivity contribution in [2.45, 2.75) is 25.6 Å². The van der Waals surface area contributed by atoms with Crippen LogP contribution in [0.2, 0.25) is 0 Å². The lowest BCUT2D eigenvalue weighted by Gasteiger charge is -2.38. The van der Waals surface area contributed by atoms with Crippen LogP contribution in [0.5, 0.6) is 11.8 Å². The minimum atomic E-state index is -5.08. The van der Waals surface area contributed by atoms with Crippen molar-refractivity contribution < 1.29 is 37.7 Å². The van der Waals surface area contributed by atoms with Gasteiger partial charge >= 0.3 is 18.2 Å². The number of aliphatic carboxylic acids is 1. The van der Waals surface area contributed by atoms with Crippen molar-refractivity contribution in [1.82, 2.24) is 19.9 Å². The van der Waals surface area contributed by atoms with E-state index in [1.54, 1.807) is 12.3 Å². The lowest BCUT2D eigenvalue weighted by atomic mass is 10.0. The molecule has 1 saturated heterocycles. The van der Waals surface area contributed by atoms with Crippen molar-refractivity contribution in [3.05, 3.63) is 90.4 Å². The monoisotopic (exact) mass is 650 g/mol. The Morgan fingerprint density at radius 3 is 2.38 bits per heavy atom. The van der Waals surface area contributed by atoms with Gasteiger partial charge in [-0.2, -0.15) is 23.1 Å². The number of aromatic nitrogens is 3. The summed E-state index contributed by atoms with van der Waals surface area (Å²) in [6.45, 7) is 7.96. The molecule has 2 aliphatic heterocycles. The number of ether oxygens (including phenoxy) is 1. The maximum atomic E-state index is 12.1. The van der Waals surface area contributed by atoms with Crippen LogP contribution < -0.4 is 14.5 Å². The fraction of sp³-hybridized carbons (Fsp3) is 0.303. The van der Waals surface area contributed by atoms with Crippen LogP contribution in [-0.4, -0.2) is 87.4 Å². The van der Waals surface area contributed by atoms with E-state index in [9.17, 15) is 23.1 Å². The summed E-state index contributed by atoms with van der Waals surface area (Å²) in [5, 5.41) is 19.7. The zero-order chi connectivity index (χ0) is 33.6. The average Bonchev–Trinajstić information content (AvgIpc) is 3.07. The van der Waals surface area contributed by atoms with Gasteiger partial charge in [-0.3, -0.25) is 9.78 Å². The van der Waals surface area contributed by atoms with Gasteiger partial charge in [0.25, 0.3) is 0 Å². The summed E-state index contributed by atoms with van der Waals surface area (Å²) < 4.78 is 37.8. The van der Waals surface area contributed by atoms with Crippen LogP contribution in [0.4, 0.5) is 24.7 Å². The number of halogens is 3. The molecule has 4 heterocycles. The fourth-order valence-electron chi connectivity index (χ4n) is 5.52. The number of carbonyl (C=O) groups excluding carboxylic acids is 1. The van der Waals surface area contributed by atoms with Crippen molar-refractivity contribution in [3.63, 3.8) is 0 Å². The number of phenolic OH excluding ortho intramolecular Hbond substituents is 1. The molecule has 0 atom stereocenters. The largest absolute Gasteiger partial charge is 0.508 e. The molecule has 47 heavy (non-hydrogen) atoms. The summed E-state index contributed by atoms with van der Waals surface area (Å²) in [7, 11) is 0. The maximum absolute atomic E-state index is 12.1. The Hall–Kier alpha value is -5.40. The van der Waals surface area contributed by atoms with E-state index in [2.05, 4.69) is 27.4 Å². The van der Waals surface area contributed by atoms with Gasteiger partial charge in [0.05, 0.1) is 18.8 Å². The Bertz CT molecular complexity index is 1750. The predicted octanol–water partition coefficient (Wildman–Crippen LogP) is 4.38. The zero-order valence-corrected chi connectivity index (χ0v) is 25.4. The molecule has 1 fully saturated rings. The SMILES string of the molecule is C=CC(=O)N1CCN(c2nc(OCCc3ccccn3)nc3c2CCN(c2cc(O)cc4ccccc24)C3)CC1.O=C(O)C(F)(F)F. The molecule has 0 unspecified atom stereocenters. The van der Waals surface area contributed by atoms with Gasteiger partial charge in [0, 0.05) is 73.7 Å². The molecule has 0 saturated carbocycles. The molecule has 6 rings (SSSR count). The number of anilines is 2. The number of rotatable bonds is 7.